The van der Waals surface area contributed by atoms with Gasteiger partial charge in [0, 0.05) is 21.6 Å². The van der Waals surface area contributed by atoms with E-state index in [9.17, 15) is 19.8 Å². The van der Waals surface area contributed by atoms with E-state index in [1.54, 1.807) is 25.1 Å². The van der Waals surface area contributed by atoms with E-state index in [0.29, 0.717) is 15.7 Å². The molecule has 0 amide bonds. The third-order valence-corrected chi connectivity index (χ3v) is 4.46. The lowest BCUT2D eigenvalue weighted by molar-refractivity contribution is 0.0691. The van der Waals surface area contributed by atoms with E-state index in [0.717, 1.165) is 0 Å². The van der Waals surface area contributed by atoms with Gasteiger partial charge in [-0.15, -0.1) is 25.3 Å². The van der Waals surface area contributed by atoms with Gasteiger partial charge in [0.25, 0.3) is 0 Å². The summed E-state index contributed by atoms with van der Waals surface area (Å²) in [7, 11) is 0. The standard InChI is InChI=1S/C16H13NO4S2/c1-7(5-6-17)10-12(15(18)19)8-3-2-4-9(22)11(8)14(23)13(10)16(20)21/h2-4,7,22-23H,5H2,1H3,(H,18,19)(H,20,21). The minimum absolute atomic E-state index is 0.000149. The molecule has 1 atom stereocenters. The largest absolute Gasteiger partial charge is 0.478 e. The molecule has 2 aromatic rings. The average Bonchev–Trinajstić information content (AvgIpc) is 2.46. The van der Waals surface area contributed by atoms with E-state index in [1.165, 1.54) is 0 Å². The van der Waals surface area contributed by atoms with Crippen molar-refractivity contribution < 1.29 is 19.8 Å². The normalized spacial score (nSPS) is 11.9. The number of carbonyl (C=O) groups is 2. The Morgan fingerprint density at radius 2 is 1.83 bits per heavy atom. The Balaban J connectivity index is 3.11. The summed E-state index contributed by atoms with van der Waals surface area (Å²) >= 11 is 8.61. The molecule has 0 aromatic heterocycles. The molecule has 0 bridgehead atoms. The Morgan fingerprint density at radius 1 is 1.22 bits per heavy atom. The summed E-state index contributed by atoms with van der Waals surface area (Å²) < 4.78 is 0. The summed E-state index contributed by atoms with van der Waals surface area (Å²) in [6.45, 7) is 1.63. The van der Waals surface area contributed by atoms with Crippen LogP contribution in [0.3, 0.4) is 0 Å². The highest BCUT2D eigenvalue weighted by Gasteiger charge is 2.29. The molecule has 0 radical (unpaired) electrons. The molecule has 0 fully saturated rings. The molecule has 0 heterocycles. The second-order valence-electron chi connectivity index (χ2n) is 5.09. The summed E-state index contributed by atoms with van der Waals surface area (Å²) in [4.78, 5) is 24.1. The lowest BCUT2D eigenvalue weighted by Gasteiger charge is -2.20. The summed E-state index contributed by atoms with van der Waals surface area (Å²) in [6.07, 6.45) is -0.000149. The molecule has 23 heavy (non-hydrogen) atoms. The van der Waals surface area contributed by atoms with Crippen LogP contribution in [0.2, 0.25) is 0 Å². The lowest BCUT2D eigenvalue weighted by Crippen LogP contribution is -2.15. The van der Waals surface area contributed by atoms with Crippen LogP contribution in [-0.2, 0) is 0 Å². The van der Waals surface area contributed by atoms with Gasteiger partial charge in [-0.1, -0.05) is 19.1 Å². The molecule has 0 saturated heterocycles. The summed E-state index contributed by atoms with van der Waals surface area (Å²) in [5, 5.41) is 28.9. The first-order valence-corrected chi connectivity index (χ1v) is 7.54. The van der Waals surface area contributed by atoms with Crippen molar-refractivity contribution in [1.29, 1.82) is 5.26 Å². The van der Waals surface area contributed by atoms with Crippen molar-refractivity contribution in [1.82, 2.24) is 0 Å². The molecule has 1 unspecified atom stereocenters. The van der Waals surface area contributed by atoms with Crippen LogP contribution in [-0.4, -0.2) is 22.2 Å². The van der Waals surface area contributed by atoms with Crippen LogP contribution < -0.4 is 0 Å². The monoisotopic (exact) mass is 347 g/mol. The minimum atomic E-state index is -1.28. The molecule has 2 rings (SSSR count). The number of nitriles is 1. The van der Waals surface area contributed by atoms with E-state index in [2.05, 4.69) is 25.3 Å². The van der Waals surface area contributed by atoms with Crippen LogP contribution in [0.1, 0.15) is 45.5 Å². The average molecular weight is 347 g/mol. The number of fused-ring (bicyclic) bond motifs is 1. The number of hydrogen-bond donors (Lipinski definition) is 4. The number of carboxylic acids is 2. The number of hydrogen-bond acceptors (Lipinski definition) is 5. The van der Waals surface area contributed by atoms with Gasteiger partial charge in [0.05, 0.1) is 17.2 Å². The fraction of sp³-hybridized carbons (Fsp3) is 0.188. The molecule has 2 aromatic carbocycles. The first-order chi connectivity index (χ1) is 10.8. The Labute approximate surface area is 143 Å². The maximum Gasteiger partial charge on any atom is 0.337 e. The van der Waals surface area contributed by atoms with E-state index in [4.69, 9.17) is 5.26 Å². The van der Waals surface area contributed by atoms with Crippen molar-refractivity contribution in [2.75, 3.05) is 0 Å². The predicted octanol–water partition coefficient (Wildman–Crippen LogP) is 3.83. The maximum absolute atomic E-state index is 11.8. The van der Waals surface area contributed by atoms with Gasteiger partial charge in [-0.3, -0.25) is 0 Å². The van der Waals surface area contributed by atoms with Crippen molar-refractivity contribution in [3.8, 4) is 6.07 Å². The molecular weight excluding hydrogens is 334 g/mol. The van der Waals surface area contributed by atoms with E-state index in [1.807, 2.05) is 6.07 Å². The first kappa shape index (κ1) is 17.2. The van der Waals surface area contributed by atoms with Crippen LogP contribution in [0.4, 0.5) is 0 Å². The van der Waals surface area contributed by atoms with E-state index >= 15 is 0 Å². The van der Waals surface area contributed by atoms with Gasteiger partial charge in [0.15, 0.2) is 0 Å². The number of thiol groups is 2. The number of aromatic carboxylic acids is 2. The number of carboxylic acid groups (broad SMARTS) is 2. The molecule has 118 valence electrons. The topological polar surface area (TPSA) is 98.4 Å². The third kappa shape index (κ3) is 2.87. The lowest BCUT2D eigenvalue weighted by atomic mass is 9.85. The van der Waals surface area contributed by atoms with Crippen LogP contribution in [0, 0.1) is 11.3 Å². The second-order valence-corrected chi connectivity index (χ2v) is 6.01. The fourth-order valence-corrected chi connectivity index (χ4v) is 3.56. The fourth-order valence-electron chi connectivity index (χ4n) is 2.70. The van der Waals surface area contributed by atoms with Crippen LogP contribution in [0.15, 0.2) is 28.0 Å². The highest BCUT2D eigenvalue weighted by atomic mass is 32.1. The van der Waals surface area contributed by atoms with Gasteiger partial charge < -0.3 is 10.2 Å². The first-order valence-electron chi connectivity index (χ1n) is 6.65. The molecule has 0 aliphatic rings. The highest BCUT2D eigenvalue weighted by Crippen LogP contribution is 2.40. The molecular formula is C16H13NO4S2. The zero-order chi connectivity index (χ0) is 17.3. The number of nitrogens with zero attached hydrogens (tertiary/aromatic N) is 1. The SMILES string of the molecule is CC(CC#N)c1c(C(=O)O)c(S)c2c(S)cccc2c1C(=O)O. The smallest absolute Gasteiger partial charge is 0.337 e. The Hall–Kier alpha value is -2.17. The zero-order valence-electron chi connectivity index (χ0n) is 12.1. The molecule has 0 spiro atoms. The van der Waals surface area contributed by atoms with Crippen LogP contribution in [0.5, 0.6) is 0 Å². The van der Waals surface area contributed by atoms with Gasteiger partial charge in [0.2, 0.25) is 0 Å². The molecule has 0 aliphatic carbocycles. The summed E-state index contributed by atoms with van der Waals surface area (Å²) in [5.74, 6) is -3.09. The summed E-state index contributed by atoms with van der Waals surface area (Å²) in [5.41, 5.74) is -0.195. The second kappa shape index (κ2) is 6.52. The molecule has 0 saturated carbocycles. The van der Waals surface area contributed by atoms with Crippen molar-refractivity contribution in [3.63, 3.8) is 0 Å². The molecule has 7 heteroatoms. The van der Waals surface area contributed by atoms with Crippen molar-refractivity contribution in [2.45, 2.75) is 29.1 Å². The quantitative estimate of drug-likeness (QED) is 0.630. The molecule has 5 nitrogen and oxygen atoms in total. The Morgan fingerprint density at radius 3 is 2.35 bits per heavy atom. The van der Waals surface area contributed by atoms with Crippen LogP contribution in [0.25, 0.3) is 10.8 Å². The van der Waals surface area contributed by atoms with Gasteiger partial charge in [-0.2, -0.15) is 5.26 Å². The van der Waals surface area contributed by atoms with Crippen molar-refractivity contribution in [2.24, 2.45) is 0 Å². The van der Waals surface area contributed by atoms with Gasteiger partial charge in [-0.05, 0) is 22.9 Å². The minimum Gasteiger partial charge on any atom is -0.478 e. The van der Waals surface area contributed by atoms with Gasteiger partial charge >= 0.3 is 11.9 Å². The third-order valence-electron chi connectivity index (χ3n) is 3.64. The summed E-state index contributed by atoms with van der Waals surface area (Å²) in [6, 6.07) is 6.82. The Kier molecular flexibility index (Phi) is 4.88. The predicted molar refractivity (Wildman–Crippen MR) is 91.0 cm³/mol. The highest BCUT2D eigenvalue weighted by molar-refractivity contribution is 7.81. The van der Waals surface area contributed by atoms with E-state index < -0.39 is 17.9 Å². The molecule has 0 aliphatic heterocycles. The number of benzene rings is 2. The van der Waals surface area contributed by atoms with Gasteiger partial charge in [0.1, 0.15) is 0 Å². The zero-order valence-corrected chi connectivity index (χ0v) is 13.9. The van der Waals surface area contributed by atoms with Gasteiger partial charge in [-0.25, -0.2) is 9.59 Å². The van der Waals surface area contributed by atoms with Crippen molar-refractivity contribution in [3.05, 3.63) is 34.9 Å². The Bertz CT molecular complexity index is 871. The number of rotatable bonds is 4. The van der Waals surface area contributed by atoms with Crippen molar-refractivity contribution >= 4 is 48.0 Å². The molecule has 2 N–H and O–H groups in total. The van der Waals surface area contributed by atoms with Crippen LogP contribution >= 0.6 is 25.3 Å². The maximum atomic E-state index is 11.8. The van der Waals surface area contributed by atoms with E-state index in [-0.39, 0.29) is 28.0 Å².